The molecule has 0 unspecified atom stereocenters. The quantitative estimate of drug-likeness (QED) is 0.394. The Morgan fingerprint density at radius 1 is 0.935 bits per heavy atom. The summed E-state index contributed by atoms with van der Waals surface area (Å²) in [7, 11) is 0. The lowest BCUT2D eigenvalue weighted by Crippen LogP contribution is -2.34. The van der Waals surface area contributed by atoms with Crippen molar-refractivity contribution in [1.82, 2.24) is 10.3 Å². The van der Waals surface area contributed by atoms with Crippen LogP contribution >= 0.6 is 0 Å². The molecule has 0 aliphatic rings. The van der Waals surface area contributed by atoms with E-state index in [1.54, 1.807) is 0 Å². The predicted octanol–water partition coefficient (Wildman–Crippen LogP) is 5.46. The van der Waals surface area contributed by atoms with Crippen LogP contribution in [0, 0.1) is 0 Å². The molecule has 0 aliphatic carbocycles. The molecule has 5 nitrogen and oxygen atoms in total. The number of fused-ring (bicyclic) bond motifs is 1. The van der Waals surface area contributed by atoms with Crippen molar-refractivity contribution in [2.45, 2.75) is 19.4 Å². The molecular formula is C26H25N3O2. The SMILES string of the molecule is CC[C@H](O)CNC(=O)Nc1ccc2nc(-c3ccccc3)c(-c3ccccc3)cc2c1. The van der Waals surface area contributed by atoms with Gasteiger partial charge in [0.05, 0.1) is 17.3 Å². The summed E-state index contributed by atoms with van der Waals surface area (Å²) >= 11 is 0. The number of hydrogen-bond acceptors (Lipinski definition) is 3. The zero-order valence-electron chi connectivity index (χ0n) is 17.4. The Hall–Kier alpha value is -3.70. The lowest BCUT2D eigenvalue weighted by Gasteiger charge is -2.13. The van der Waals surface area contributed by atoms with Gasteiger partial charge < -0.3 is 15.7 Å². The molecule has 4 aromatic rings. The van der Waals surface area contributed by atoms with Crippen LogP contribution in [0.1, 0.15) is 13.3 Å². The monoisotopic (exact) mass is 411 g/mol. The van der Waals surface area contributed by atoms with Crippen molar-refractivity contribution in [2.75, 3.05) is 11.9 Å². The number of aliphatic hydroxyl groups is 1. The number of rotatable bonds is 6. The molecule has 31 heavy (non-hydrogen) atoms. The number of benzene rings is 3. The number of urea groups is 1. The Bertz CT molecular complexity index is 1180. The van der Waals surface area contributed by atoms with E-state index in [0.717, 1.165) is 33.3 Å². The summed E-state index contributed by atoms with van der Waals surface area (Å²) < 4.78 is 0. The van der Waals surface area contributed by atoms with E-state index in [0.29, 0.717) is 12.1 Å². The van der Waals surface area contributed by atoms with Gasteiger partial charge in [-0.2, -0.15) is 0 Å². The number of carbonyl (C=O) groups is 1. The second-order valence-electron chi connectivity index (χ2n) is 7.42. The van der Waals surface area contributed by atoms with E-state index >= 15 is 0 Å². The van der Waals surface area contributed by atoms with Crippen molar-refractivity contribution in [2.24, 2.45) is 0 Å². The van der Waals surface area contributed by atoms with Crippen LogP contribution in [0.15, 0.2) is 84.9 Å². The summed E-state index contributed by atoms with van der Waals surface area (Å²) in [5.74, 6) is 0. The molecule has 0 fully saturated rings. The zero-order chi connectivity index (χ0) is 21.6. The Morgan fingerprint density at radius 3 is 2.29 bits per heavy atom. The minimum atomic E-state index is -0.545. The van der Waals surface area contributed by atoms with E-state index < -0.39 is 6.10 Å². The molecule has 3 aromatic carbocycles. The number of aliphatic hydroxyl groups excluding tert-OH is 1. The number of nitrogens with zero attached hydrogens (tertiary/aromatic N) is 1. The van der Waals surface area contributed by atoms with Crippen molar-refractivity contribution >= 4 is 22.6 Å². The third-order valence-corrected chi connectivity index (χ3v) is 5.17. The molecule has 156 valence electrons. The highest BCUT2D eigenvalue weighted by molar-refractivity contribution is 5.96. The summed E-state index contributed by atoms with van der Waals surface area (Å²) in [5, 5.41) is 16.1. The van der Waals surface area contributed by atoms with E-state index in [9.17, 15) is 9.90 Å². The van der Waals surface area contributed by atoms with Gasteiger partial charge in [-0.05, 0) is 36.2 Å². The molecule has 5 heteroatoms. The normalized spacial score (nSPS) is 11.8. The second-order valence-corrected chi connectivity index (χ2v) is 7.42. The highest BCUT2D eigenvalue weighted by Gasteiger charge is 2.12. The van der Waals surface area contributed by atoms with Gasteiger partial charge in [0.1, 0.15) is 0 Å². The zero-order valence-corrected chi connectivity index (χ0v) is 17.4. The van der Waals surface area contributed by atoms with Crippen molar-refractivity contribution < 1.29 is 9.90 Å². The van der Waals surface area contributed by atoms with Gasteiger partial charge in [0, 0.05) is 28.7 Å². The molecule has 0 saturated heterocycles. The van der Waals surface area contributed by atoms with E-state index in [4.69, 9.17) is 4.98 Å². The van der Waals surface area contributed by atoms with Gasteiger partial charge in [-0.3, -0.25) is 0 Å². The Balaban J connectivity index is 1.70. The van der Waals surface area contributed by atoms with E-state index in [1.165, 1.54) is 0 Å². The minimum absolute atomic E-state index is 0.218. The largest absolute Gasteiger partial charge is 0.391 e. The van der Waals surface area contributed by atoms with Crippen molar-refractivity contribution in [3.8, 4) is 22.4 Å². The first-order valence-electron chi connectivity index (χ1n) is 10.4. The summed E-state index contributed by atoms with van der Waals surface area (Å²) in [5.41, 5.74) is 5.62. The lowest BCUT2D eigenvalue weighted by molar-refractivity contribution is 0.168. The third kappa shape index (κ3) is 4.90. The highest BCUT2D eigenvalue weighted by Crippen LogP contribution is 2.34. The first kappa shape index (κ1) is 20.6. The highest BCUT2D eigenvalue weighted by atomic mass is 16.3. The number of nitrogens with one attached hydrogen (secondary N) is 2. The Morgan fingerprint density at radius 2 is 1.61 bits per heavy atom. The number of aromatic nitrogens is 1. The van der Waals surface area contributed by atoms with Gasteiger partial charge in [0.2, 0.25) is 0 Å². The van der Waals surface area contributed by atoms with Crippen LogP contribution in [0.3, 0.4) is 0 Å². The molecule has 0 bridgehead atoms. The number of anilines is 1. The van der Waals surface area contributed by atoms with Crippen molar-refractivity contribution in [3.05, 3.63) is 84.9 Å². The van der Waals surface area contributed by atoms with Crippen LogP contribution in [0.5, 0.6) is 0 Å². The first-order valence-corrected chi connectivity index (χ1v) is 10.4. The molecule has 4 rings (SSSR count). The number of pyridine rings is 1. The molecule has 0 aliphatic heterocycles. The standard InChI is InChI=1S/C26H25N3O2/c1-2-22(30)17-27-26(31)28-21-13-14-24-20(15-21)16-23(18-9-5-3-6-10-18)25(29-24)19-11-7-4-8-12-19/h3-16,22,30H,2,17H2,1H3,(H2,27,28,31)/t22-/m0/s1. The Labute approximate surface area is 181 Å². The maximum Gasteiger partial charge on any atom is 0.319 e. The van der Waals surface area contributed by atoms with Crippen LogP contribution in [-0.4, -0.2) is 28.8 Å². The maximum atomic E-state index is 12.1. The summed E-state index contributed by atoms with van der Waals surface area (Å²) in [4.78, 5) is 17.1. The van der Waals surface area contributed by atoms with Crippen LogP contribution in [0.4, 0.5) is 10.5 Å². The molecule has 1 heterocycles. The van der Waals surface area contributed by atoms with Gasteiger partial charge in [-0.15, -0.1) is 0 Å². The molecule has 0 radical (unpaired) electrons. The smallest absolute Gasteiger partial charge is 0.319 e. The second kappa shape index (κ2) is 9.41. The van der Waals surface area contributed by atoms with E-state index in [-0.39, 0.29) is 12.6 Å². The van der Waals surface area contributed by atoms with Crippen LogP contribution in [0.25, 0.3) is 33.3 Å². The minimum Gasteiger partial charge on any atom is -0.391 e. The summed E-state index contributed by atoms with van der Waals surface area (Å²) in [6.45, 7) is 2.09. The predicted molar refractivity (Wildman–Crippen MR) is 126 cm³/mol. The van der Waals surface area contributed by atoms with Crippen molar-refractivity contribution in [3.63, 3.8) is 0 Å². The molecule has 2 amide bonds. The average molecular weight is 412 g/mol. The number of hydrogen-bond donors (Lipinski definition) is 3. The molecule has 1 atom stereocenters. The summed E-state index contributed by atoms with van der Waals surface area (Å²) in [6, 6.07) is 27.7. The number of amides is 2. The molecule has 3 N–H and O–H groups in total. The fourth-order valence-electron chi connectivity index (χ4n) is 3.44. The molecule has 0 saturated carbocycles. The average Bonchev–Trinajstić information content (AvgIpc) is 2.82. The van der Waals surface area contributed by atoms with Crippen LogP contribution in [-0.2, 0) is 0 Å². The van der Waals surface area contributed by atoms with E-state index in [2.05, 4.69) is 41.0 Å². The van der Waals surface area contributed by atoms with Gasteiger partial charge >= 0.3 is 6.03 Å². The van der Waals surface area contributed by atoms with Crippen LogP contribution < -0.4 is 10.6 Å². The number of carbonyl (C=O) groups excluding carboxylic acids is 1. The maximum absolute atomic E-state index is 12.1. The molecule has 1 aromatic heterocycles. The third-order valence-electron chi connectivity index (χ3n) is 5.17. The van der Waals surface area contributed by atoms with E-state index in [1.807, 2.05) is 61.5 Å². The fraction of sp³-hybridized carbons (Fsp3) is 0.154. The van der Waals surface area contributed by atoms with Gasteiger partial charge in [-0.25, -0.2) is 9.78 Å². The van der Waals surface area contributed by atoms with Gasteiger partial charge in [0.25, 0.3) is 0 Å². The topological polar surface area (TPSA) is 74.2 Å². The summed E-state index contributed by atoms with van der Waals surface area (Å²) in [6.07, 6.45) is 0.0462. The molecule has 0 spiro atoms. The Kier molecular flexibility index (Phi) is 6.24. The lowest BCUT2D eigenvalue weighted by atomic mass is 9.97. The molecular weight excluding hydrogens is 386 g/mol. The van der Waals surface area contributed by atoms with Crippen molar-refractivity contribution in [1.29, 1.82) is 0 Å². The first-order chi connectivity index (χ1) is 15.1. The van der Waals surface area contributed by atoms with Gasteiger partial charge in [-0.1, -0.05) is 67.6 Å². The fourth-order valence-corrected chi connectivity index (χ4v) is 3.44. The van der Waals surface area contributed by atoms with Gasteiger partial charge in [0.15, 0.2) is 0 Å². The van der Waals surface area contributed by atoms with Crippen LogP contribution in [0.2, 0.25) is 0 Å².